The molecule has 0 aromatic carbocycles. The lowest BCUT2D eigenvalue weighted by Gasteiger charge is -2.25. The van der Waals surface area contributed by atoms with Crippen LogP contribution < -0.4 is 5.32 Å². The lowest BCUT2D eigenvalue weighted by Crippen LogP contribution is -2.33. The quantitative estimate of drug-likeness (QED) is 0.749. The maximum atomic E-state index is 3.52. The zero-order valence-corrected chi connectivity index (χ0v) is 10.3. The molecule has 3 atom stereocenters. The van der Waals surface area contributed by atoms with Crippen molar-refractivity contribution in [3.05, 3.63) is 0 Å². The zero-order chi connectivity index (χ0) is 10.7. The second kappa shape index (κ2) is 5.31. The van der Waals surface area contributed by atoms with Gasteiger partial charge in [-0.3, -0.25) is 0 Å². The molecule has 2 fully saturated rings. The number of hydrogen-bond acceptors (Lipinski definition) is 2. The Morgan fingerprint density at radius 1 is 1.20 bits per heavy atom. The molecule has 0 spiro atoms. The topological polar surface area (TPSA) is 15.3 Å². The molecule has 15 heavy (non-hydrogen) atoms. The summed E-state index contributed by atoms with van der Waals surface area (Å²) in [4.78, 5) is 2.69. The van der Waals surface area contributed by atoms with Crippen molar-refractivity contribution in [3.63, 3.8) is 0 Å². The Balaban J connectivity index is 1.77. The average molecular weight is 210 g/mol. The molecule has 0 aromatic heterocycles. The van der Waals surface area contributed by atoms with E-state index in [-0.39, 0.29) is 0 Å². The lowest BCUT2D eigenvalue weighted by molar-refractivity contribution is 0.223. The third kappa shape index (κ3) is 3.46. The second-order valence-corrected chi connectivity index (χ2v) is 5.85. The summed E-state index contributed by atoms with van der Waals surface area (Å²) in [6.45, 7) is 11.1. The van der Waals surface area contributed by atoms with Crippen molar-refractivity contribution in [2.75, 3.05) is 32.7 Å². The lowest BCUT2D eigenvalue weighted by atomic mass is 10.0. The molecule has 2 heteroatoms. The molecule has 1 saturated carbocycles. The van der Waals surface area contributed by atoms with Crippen LogP contribution in [0.3, 0.4) is 0 Å². The Labute approximate surface area is 94.4 Å². The molecule has 1 aliphatic heterocycles. The molecule has 3 unspecified atom stereocenters. The van der Waals surface area contributed by atoms with Crippen molar-refractivity contribution in [1.29, 1.82) is 0 Å². The van der Waals surface area contributed by atoms with Gasteiger partial charge < -0.3 is 10.2 Å². The Morgan fingerprint density at radius 3 is 2.80 bits per heavy atom. The fourth-order valence-corrected chi connectivity index (χ4v) is 3.20. The molecule has 2 nitrogen and oxygen atoms in total. The molecule has 1 saturated heterocycles. The zero-order valence-electron chi connectivity index (χ0n) is 10.3. The van der Waals surface area contributed by atoms with E-state index in [2.05, 4.69) is 24.1 Å². The summed E-state index contributed by atoms with van der Waals surface area (Å²) in [5, 5.41) is 3.52. The summed E-state index contributed by atoms with van der Waals surface area (Å²) < 4.78 is 0. The van der Waals surface area contributed by atoms with Crippen LogP contribution in [0.4, 0.5) is 0 Å². The van der Waals surface area contributed by atoms with Crippen LogP contribution in [0.1, 0.15) is 33.1 Å². The summed E-state index contributed by atoms with van der Waals surface area (Å²) in [6, 6.07) is 0. The highest BCUT2D eigenvalue weighted by molar-refractivity contribution is 4.78. The van der Waals surface area contributed by atoms with Crippen LogP contribution in [-0.4, -0.2) is 37.6 Å². The van der Waals surface area contributed by atoms with Gasteiger partial charge in [-0.15, -0.1) is 0 Å². The average Bonchev–Trinajstić information content (AvgIpc) is 2.46. The van der Waals surface area contributed by atoms with E-state index < -0.39 is 0 Å². The van der Waals surface area contributed by atoms with E-state index in [1.54, 1.807) is 0 Å². The Bertz CT molecular complexity index is 193. The smallest absolute Gasteiger partial charge is 0.0107 e. The molecule has 2 rings (SSSR count). The van der Waals surface area contributed by atoms with Crippen LogP contribution in [-0.2, 0) is 0 Å². The van der Waals surface area contributed by atoms with Crippen molar-refractivity contribution in [1.82, 2.24) is 10.2 Å². The van der Waals surface area contributed by atoms with Gasteiger partial charge in [0.15, 0.2) is 0 Å². The Hall–Kier alpha value is -0.0800. The summed E-state index contributed by atoms with van der Waals surface area (Å²) >= 11 is 0. The van der Waals surface area contributed by atoms with Gasteiger partial charge in [0.1, 0.15) is 0 Å². The van der Waals surface area contributed by atoms with Gasteiger partial charge in [-0.2, -0.15) is 0 Å². The highest BCUT2D eigenvalue weighted by Crippen LogP contribution is 2.30. The first-order valence-corrected chi connectivity index (χ1v) is 6.67. The Kier molecular flexibility index (Phi) is 4.04. The van der Waals surface area contributed by atoms with Gasteiger partial charge in [0.25, 0.3) is 0 Å². The first-order chi connectivity index (χ1) is 7.24. The maximum Gasteiger partial charge on any atom is 0.0107 e. The van der Waals surface area contributed by atoms with Crippen LogP contribution in [0.15, 0.2) is 0 Å². The molecule has 2 aliphatic rings. The first kappa shape index (κ1) is 11.4. The summed E-state index contributed by atoms with van der Waals surface area (Å²) in [5.41, 5.74) is 0. The van der Waals surface area contributed by atoms with Gasteiger partial charge in [-0.25, -0.2) is 0 Å². The van der Waals surface area contributed by atoms with Gasteiger partial charge in [0.2, 0.25) is 0 Å². The highest BCUT2D eigenvalue weighted by Gasteiger charge is 2.24. The largest absolute Gasteiger partial charge is 0.315 e. The normalized spacial score (nSPS) is 39.2. The van der Waals surface area contributed by atoms with Gasteiger partial charge >= 0.3 is 0 Å². The van der Waals surface area contributed by atoms with Gasteiger partial charge in [-0.1, -0.05) is 20.3 Å². The Morgan fingerprint density at radius 2 is 2.07 bits per heavy atom. The molecule has 1 heterocycles. The minimum absolute atomic E-state index is 0.825. The van der Waals surface area contributed by atoms with Crippen molar-refractivity contribution >= 4 is 0 Å². The molecule has 0 amide bonds. The van der Waals surface area contributed by atoms with E-state index in [1.807, 2.05) is 0 Å². The van der Waals surface area contributed by atoms with Crippen LogP contribution in [0, 0.1) is 17.8 Å². The number of nitrogens with one attached hydrogen (secondary N) is 1. The predicted octanol–water partition coefficient (Wildman–Crippen LogP) is 1.96. The molecular weight excluding hydrogens is 184 g/mol. The minimum Gasteiger partial charge on any atom is -0.315 e. The molecule has 0 bridgehead atoms. The third-order valence-corrected chi connectivity index (χ3v) is 3.99. The SMILES string of the molecule is CC1CCC(CN2CCNCC(C)C2)C1. The summed E-state index contributed by atoms with van der Waals surface area (Å²) in [6.07, 6.45) is 4.41. The molecule has 0 aromatic rings. The monoisotopic (exact) mass is 210 g/mol. The standard InChI is InChI=1S/C13H26N2/c1-11-3-4-13(7-11)10-15-6-5-14-8-12(2)9-15/h11-14H,3-10H2,1-2H3. The van der Waals surface area contributed by atoms with Gasteiger partial charge in [-0.05, 0) is 37.1 Å². The van der Waals surface area contributed by atoms with Crippen LogP contribution >= 0.6 is 0 Å². The van der Waals surface area contributed by atoms with Crippen molar-refractivity contribution in [3.8, 4) is 0 Å². The fourth-order valence-electron chi connectivity index (χ4n) is 3.20. The van der Waals surface area contributed by atoms with Crippen molar-refractivity contribution in [2.45, 2.75) is 33.1 Å². The second-order valence-electron chi connectivity index (χ2n) is 5.85. The molecular formula is C13H26N2. The molecule has 1 N–H and O–H groups in total. The molecule has 88 valence electrons. The van der Waals surface area contributed by atoms with Gasteiger partial charge in [0, 0.05) is 26.2 Å². The number of nitrogens with zero attached hydrogens (tertiary/aromatic N) is 1. The van der Waals surface area contributed by atoms with E-state index >= 15 is 0 Å². The summed E-state index contributed by atoms with van der Waals surface area (Å²) in [7, 11) is 0. The summed E-state index contributed by atoms with van der Waals surface area (Å²) in [5.74, 6) is 2.80. The van der Waals surface area contributed by atoms with E-state index in [0.717, 1.165) is 17.8 Å². The number of rotatable bonds is 2. The fraction of sp³-hybridized carbons (Fsp3) is 1.00. The van der Waals surface area contributed by atoms with E-state index in [4.69, 9.17) is 0 Å². The van der Waals surface area contributed by atoms with Crippen molar-refractivity contribution < 1.29 is 0 Å². The highest BCUT2D eigenvalue weighted by atomic mass is 15.2. The van der Waals surface area contributed by atoms with E-state index in [1.165, 1.54) is 52.0 Å². The number of hydrogen-bond donors (Lipinski definition) is 1. The van der Waals surface area contributed by atoms with E-state index in [0.29, 0.717) is 0 Å². The van der Waals surface area contributed by atoms with Crippen LogP contribution in [0.2, 0.25) is 0 Å². The van der Waals surface area contributed by atoms with Crippen LogP contribution in [0.5, 0.6) is 0 Å². The first-order valence-electron chi connectivity index (χ1n) is 6.67. The predicted molar refractivity (Wildman–Crippen MR) is 65.0 cm³/mol. The van der Waals surface area contributed by atoms with Crippen LogP contribution in [0.25, 0.3) is 0 Å². The molecule has 0 radical (unpaired) electrons. The third-order valence-electron chi connectivity index (χ3n) is 3.99. The molecule has 1 aliphatic carbocycles. The van der Waals surface area contributed by atoms with Gasteiger partial charge in [0.05, 0.1) is 0 Å². The van der Waals surface area contributed by atoms with Crippen molar-refractivity contribution in [2.24, 2.45) is 17.8 Å². The maximum absolute atomic E-state index is 3.52. The van der Waals surface area contributed by atoms with E-state index in [9.17, 15) is 0 Å². The minimum atomic E-state index is 0.825.